The number of halogens is 1. The van der Waals surface area contributed by atoms with Crippen LogP contribution in [0.1, 0.15) is 18.5 Å². The molecule has 2 atom stereocenters. The van der Waals surface area contributed by atoms with Gasteiger partial charge >= 0.3 is 0 Å². The summed E-state index contributed by atoms with van der Waals surface area (Å²) in [6.45, 7) is 6.34. The Hall–Kier alpha value is -2.02. The van der Waals surface area contributed by atoms with E-state index in [1.807, 2.05) is 6.07 Å². The second-order valence-electron chi connectivity index (χ2n) is 7.09. The molecule has 4 nitrogen and oxygen atoms in total. The molecule has 0 aliphatic carbocycles. The van der Waals surface area contributed by atoms with Crippen molar-refractivity contribution in [2.45, 2.75) is 19.0 Å². The first-order valence-electron chi connectivity index (χ1n) is 9.33. The molecule has 144 valence electrons. The molecule has 2 aromatic carbocycles. The molecule has 0 aromatic heterocycles. The monoisotopic (exact) mass is 386 g/mol. The minimum atomic E-state index is -0.257. The van der Waals surface area contributed by atoms with Crippen LogP contribution in [0.3, 0.4) is 0 Å². The van der Waals surface area contributed by atoms with Gasteiger partial charge in [-0.2, -0.15) is 0 Å². The maximum absolute atomic E-state index is 13.1. The molecule has 3 rings (SSSR count). The minimum Gasteiger partial charge on any atom is -0.358 e. The number of benzene rings is 2. The summed E-state index contributed by atoms with van der Waals surface area (Å²) in [4.78, 5) is 4.88. The van der Waals surface area contributed by atoms with E-state index in [1.165, 1.54) is 17.7 Å². The van der Waals surface area contributed by atoms with Crippen molar-refractivity contribution in [3.05, 3.63) is 66.0 Å². The normalized spacial score (nSPS) is 17.9. The highest BCUT2D eigenvalue weighted by atomic mass is 32.1. The molecule has 1 saturated heterocycles. The fourth-order valence-electron chi connectivity index (χ4n) is 3.55. The van der Waals surface area contributed by atoms with Crippen LogP contribution in [0.2, 0.25) is 0 Å². The predicted octanol–water partition coefficient (Wildman–Crippen LogP) is 3.49. The van der Waals surface area contributed by atoms with Crippen molar-refractivity contribution in [2.24, 2.45) is 0 Å². The van der Waals surface area contributed by atoms with Gasteiger partial charge in [-0.1, -0.05) is 30.3 Å². The molecular weight excluding hydrogens is 359 g/mol. The third-order valence-corrected chi connectivity index (χ3v) is 5.23. The van der Waals surface area contributed by atoms with Crippen LogP contribution >= 0.6 is 12.2 Å². The van der Waals surface area contributed by atoms with Gasteiger partial charge in [-0.15, -0.1) is 0 Å². The molecule has 1 heterocycles. The Balaban J connectivity index is 1.69. The Labute approximate surface area is 166 Å². The summed E-state index contributed by atoms with van der Waals surface area (Å²) >= 11 is 5.49. The van der Waals surface area contributed by atoms with Crippen molar-refractivity contribution < 1.29 is 4.39 Å². The average Bonchev–Trinajstić information content (AvgIpc) is 2.66. The van der Waals surface area contributed by atoms with Crippen LogP contribution in [-0.4, -0.2) is 54.2 Å². The summed E-state index contributed by atoms with van der Waals surface area (Å²) < 4.78 is 13.1. The van der Waals surface area contributed by atoms with Crippen LogP contribution in [-0.2, 0) is 0 Å². The smallest absolute Gasteiger partial charge is 0.171 e. The number of rotatable bonds is 5. The van der Waals surface area contributed by atoms with Crippen LogP contribution in [0.5, 0.6) is 0 Å². The van der Waals surface area contributed by atoms with E-state index in [-0.39, 0.29) is 17.9 Å². The van der Waals surface area contributed by atoms with Gasteiger partial charge in [0.1, 0.15) is 5.82 Å². The van der Waals surface area contributed by atoms with Gasteiger partial charge in [0.2, 0.25) is 0 Å². The molecule has 1 fully saturated rings. The number of likely N-dealkylation sites (N-methyl/N-ethyl adjacent to an activating group) is 1. The minimum absolute atomic E-state index is 0.122. The van der Waals surface area contributed by atoms with Crippen LogP contribution in [0, 0.1) is 5.82 Å². The maximum atomic E-state index is 13.1. The van der Waals surface area contributed by atoms with E-state index >= 15 is 0 Å². The summed E-state index contributed by atoms with van der Waals surface area (Å²) in [5.74, 6) is -0.257. The third-order valence-electron chi connectivity index (χ3n) is 5.01. The number of hydrogen-bond donors (Lipinski definition) is 2. The van der Waals surface area contributed by atoms with Crippen molar-refractivity contribution in [1.82, 2.24) is 15.1 Å². The summed E-state index contributed by atoms with van der Waals surface area (Å²) in [5.41, 5.74) is 2.06. The standard InChI is InChI=1S/C21H27FN4S/c1-16(23-21(27)24-19-10-8-18(22)9-11-19)20(17-6-4-3-5-7-17)26-14-12-25(2)13-15-26/h3-11,16,20H,12-15H2,1-2H3,(H2,23,24,27)/t16-,20-/m1/s1. The van der Waals surface area contributed by atoms with Crippen molar-refractivity contribution in [1.29, 1.82) is 0 Å². The molecule has 1 aliphatic rings. The lowest BCUT2D eigenvalue weighted by molar-refractivity contribution is 0.0973. The number of nitrogens with zero attached hydrogens (tertiary/aromatic N) is 2. The van der Waals surface area contributed by atoms with Gasteiger partial charge in [0, 0.05) is 37.9 Å². The van der Waals surface area contributed by atoms with Gasteiger partial charge < -0.3 is 15.5 Å². The predicted molar refractivity (Wildman–Crippen MR) is 113 cm³/mol. The zero-order valence-electron chi connectivity index (χ0n) is 15.9. The van der Waals surface area contributed by atoms with Gasteiger partial charge in [-0.05, 0) is 56.0 Å². The zero-order valence-corrected chi connectivity index (χ0v) is 16.7. The maximum Gasteiger partial charge on any atom is 0.171 e. The molecule has 0 unspecified atom stereocenters. The van der Waals surface area contributed by atoms with Crippen molar-refractivity contribution in [2.75, 3.05) is 38.5 Å². The highest BCUT2D eigenvalue weighted by Crippen LogP contribution is 2.25. The Bertz CT molecular complexity index is 730. The Morgan fingerprint density at radius 3 is 2.26 bits per heavy atom. The lowest BCUT2D eigenvalue weighted by Gasteiger charge is -2.41. The highest BCUT2D eigenvalue weighted by molar-refractivity contribution is 7.80. The average molecular weight is 387 g/mol. The fraction of sp³-hybridized carbons (Fsp3) is 0.381. The molecule has 0 saturated carbocycles. The number of piperazine rings is 1. The lowest BCUT2D eigenvalue weighted by atomic mass is 9.98. The number of anilines is 1. The fourth-order valence-corrected chi connectivity index (χ4v) is 3.86. The molecule has 0 bridgehead atoms. The Morgan fingerprint density at radius 1 is 1.00 bits per heavy atom. The summed E-state index contributed by atoms with van der Waals surface area (Å²) in [6.07, 6.45) is 0. The zero-order chi connectivity index (χ0) is 19.2. The summed E-state index contributed by atoms with van der Waals surface area (Å²) in [7, 11) is 2.16. The van der Waals surface area contributed by atoms with Crippen molar-refractivity contribution >= 4 is 23.0 Å². The van der Waals surface area contributed by atoms with E-state index in [9.17, 15) is 4.39 Å². The van der Waals surface area contributed by atoms with Crippen molar-refractivity contribution in [3.63, 3.8) is 0 Å². The first-order valence-corrected chi connectivity index (χ1v) is 9.74. The molecule has 0 spiro atoms. The van der Waals surface area contributed by atoms with E-state index in [0.29, 0.717) is 5.11 Å². The quantitative estimate of drug-likeness (QED) is 0.768. The SMILES string of the molecule is C[C@@H](NC(=S)Nc1ccc(F)cc1)[C@H](c1ccccc1)N1CCN(C)CC1. The van der Waals surface area contributed by atoms with Crippen LogP contribution in [0.25, 0.3) is 0 Å². The summed E-state index contributed by atoms with van der Waals surface area (Å²) in [6, 6.07) is 17.1. The molecule has 1 aliphatic heterocycles. The van der Waals surface area contributed by atoms with Gasteiger partial charge in [0.05, 0.1) is 6.04 Å². The molecule has 2 N–H and O–H groups in total. The number of nitrogens with one attached hydrogen (secondary N) is 2. The van der Waals surface area contributed by atoms with Gasteiger partial charge in [-0.25, -0.2) is 4.39 Å². The third kappa shape index (κ3) is 5.48. The van der Waals surface area contributed by atoms with E-state index in [0.717, 1.165) is 31.9 Å². The molecule has 27 heavy (non-hydrogen) atoms. The molecular formula is C21H27FN4S. The highest BCUT2D eigenvalue weighted by Gasteiger charge is 2.28. The summed E-state index contributed by atoms with van der Waals surface area (Å²) in [5, 5.41) is 7.11. The first kappa shape index (κ1) is 19.7. The van der Waals surface area contributed by atoms with Crippen LogP contribution in [0.4, 0.5) is 10.1 Å². The van der Waals surface area contributed by atoms with E-state index in [1.54, 1.807) is 12.1 Å². The van der Waals surface area contributed by atoms with E-state index in [2.05, 4.69) is 58.7 Å². The van der Waals surface area contributed by atoms with Gasteiger partial charge in [0.25, 0.3) is 0 Å². The van der Waals surface area contributed by atoms with E-state index in [4.69, 9.17) is 12.2 Å². The topological polar surface area (TPSA) is 30.5 Å². The molecule has 0 amide bonds. The second-order valence-corrected chi connectivity index (χ2v) is 7.50. The first-order chi connectivity index (χ1) is 13.0. The van der Waals surface area contributed by atoms with E-state index < -0.39 is 0 Å². The molecule has 6 heteroatoms. The van der Waals surface area contributed by atoms with Gasteiger partial charge in [0.15, 0.2) is 5.11 Å². The van der Waals surface area contributed by atoms with Gasteiger partial charge in [-0.3, -0.25) is 4.90 Å². The second kappa shape index (κ2) is 9.26. The van der Waals surface area contributed by atoms with Crippen LogP contribution < -0.4 is 10.6 Å². The van der Waals surface area contributed by atoms with Crippen LogP contribution in [0.15, 0.2) is 54.6 Å². The molecule has 2 aromatic rings. The Morgan fingerprint density at radius 2 is 1.63 bits per heavy atom. The number of hydrogen-bond acceptors (Lipinski definition) is 3. The number of thiocarbonyl (C=S) groups is 1. The van der Waals surface area contributed by atoms with Crippen molar-refractivity contribution in [3.8, 4) is 0 Å². The Kier molecular flexibility index (Phi) is 6.77. The molecule has 0 radical (unpaired) electrons. The largest absolute Gasteiger partial charge is 0.358 e. The lowest BCUT2D eigenvalue weighted by Crippen LogP contribution is -2.52.